The molecule has 0 amide bonds. The van der Waals surface area contributed by atoms with E-state index in [4.69, 9.17) is 4.74 Å². The normalized spacial score (nSPS) is 40.9. The van der Waals surface area contributed by atoms with Gasteiger partial charge in [-0.25, -0.2) is 0 Å². The highest BCUT2D eigenvalue weighted by molar-refractivity contribution is 4.85. The van der Waals surface area contributed by atoms with Gasteiger partial charge in [-0.15, -0.1) is 0 Å². The minimum absolute atomic E-state index is 0.454. The van der Waals surface area contributed by atoms with Crippen LogP contribution in [-0.4, -0.2) is 24.8 Å². The van der Waals surface area contributed by atoms with Gasteiger partial charge in [-0.3, -0.25) is 0 Å². The topological polar surface area (TPSA) is 21.3 Å². The Bertz CT molecular complexity index is 207. The van der Waals surface area contributed by atoms with Crippen LogP contribution in [-0.2, 0) is 4.74 Å². The number of ether oxygens (including phenoxy) is 1. The lowest BCUT2D eigenvalue weighted by Gasteiger charge is -2.37. The fraction of sp³-hybridized carbons (Fsp3) is 1.00. The molecule has 0 bridgehead atoms. The van der Waals surface area contributed by atoms with E-state index in [2.05, 4.69) is 19.2 Å². The molecule has 1 aliphatic carbocycles. The Morgan fingerprint density at radius 1 is 1.19 bits per heavy atom. The Labute approximate surface area is 100 Å². The van der Waals surface area contributed by atoms with E-state index in [1.54, 1.807) is 0 Å². The second-order valence-corrected chi connectivity index (χ2v) is 5.63. The van der Waals surface area contributed by atoms with E-state index in [-0.39, 0.29) is 0 Å². The summed E-state index contributed by atoms with van der Waals surface area (Å²) in [6.07, 6.45) is 9.90. The minimum Gasteiger partial charge on any atom is -0.378 e. The van der Waals surface area contributed by atoms with Gasteiger partial charge in [-0.1, -0.05) is 26.2 Å². The molecule has 1 saturated carbocycles. The first-order chi connectivity index (χ1) is 7.79. The average molecular weight is 225 g/mol. The monoisotopic (exact) mass is 225 g/mol. The van der Waals surface area contributed by atoms with E-state index in [0.29, 0.717) is 12.1 Å². The fourth-order valence-corrected chi connectivity index (χ4v) is 3.37. The standard InChI is InChI=1S/C14H27NO/c1-3-12-6-4-5-7-14(12)15-13-8-9-16-11(2)10-13/h11-15H,3-10H2,1-2H3. The SMILES string of the molecule is CCC1CCCCC1NC1CCOC(C)C1. The van der Waals surface area contributed by atoms with Crippen LogP contribution < -0.4 is 5.32 Å². The van der Waals surface area contributed by atoms with Crippen LogP contribution in [0.25, 0.3) is 0 Å². The van der Waals surface area contributed by atoms with E-state index in [9.17, 15) is 0 Å². The van der Waals surface area contributed by atoms with E-state index < -0.39 is 0 Å². The van der Waals surface area contributed by atoms with Crippen LogP contribution in [0.4, 0.5) is 0 Å². The van der Waals surface area contributed by atoms with Crippen molar-refractivity contribution in [3.8, 4) is 0 Å². The molecule has 2 rings (SSSR count). The van der Waals surface area contributed by atoms with E-state index in [0.717, 1.165) is 18.6 Å². The molecule has 4 unspecified atom stereocenters. The summed E-state index contributed by atoms with van der Waals surface area (Å²) >= 11 is 0. The summed E-state index contributed by atoms with van der Waals surface area (Å²) in [6.45, 7) is 5.49. The van der Waals surface area contributed by atoms with Crippen molar-refractivity contribution in [1.82, 2.24) is 5.32 Å². The summed E-state index contributed by atoms with van der Waals surface area (Å²) in [7, 11) is 0. The van der Waals surface area contributed by atoms with Crippen molar-refractivity contribution < 1.29 is 4.74 Å². The summed E-state index contributed by atoms with van der Waals surface area (Å²) in [5.41, 5.74) is 0. The lowest BCUT2D eigenvalue weighted by Crippen LogP contribution is -2.47. The van der Waals surface area contributed by atoms with Crippen molar-refractivity contribution in [2.24, 2.45) is 5.92 Å². The van der Waals surface area contributed by atoms with E-state index in [1.165, 1.54) is 44.9 Å². The number of rotatable bonds is 3. The Hall–Kier alpha value is -0.0800. The number of nitrogens with one attached hydrogen (secondary N) is 1. The van der Waals surface area contributed by atoms with Gasteiger partial charge < -0.3 is 10.1 Å². The molecule has 2 aliphatic rings. The molecule has 0 aromatic rings. The zero-order valence-electron chi connectivity index (χ0n) is 10.9. The maximum atomic E-state index is 5.61. The van der Waals surface area contributed by atoms with Gasteiger partial charge in [-0.2, -0.15) is 0 Å². The van der Waals surface area contributed by atoms with Crippen molar-refractivity contribution in [2.75, 3.05) is 6.61 Å². The fourth-order valence-electron chi connectivity index (χ4n) is 3.37. The number of hydrogen-bond donors (Lipinski definition) is 1. The van der Waals surface area contributed by atoms with Crippen LogP contribution in [0.1, 0.15) is 58.8 Å². The van der Waals surface area contributed by atoms with Crippen molar-refractivity contribution in [2.45, 2.75) is 77.0 Å². The maximum Gasteiger partial charge on any atom is 0.0561 e. The van der Waals surface area contributed by atoms with E-state index in [1.807, 2.05) is 0 Å². The molecule has 2 nitrogen and oxygen atoms in total. The zero-order valence-corrected chi connectivity index (χ0v) is 10.9. The van der Waals surface area contributed by atoms with Gasteiger partial charge in [0, 0.05) is 18.7 Å². The van der Waals surface area contributed by atoms with Crippen LogP contribution in [0.15, 0.2) is 0 Å². The van der Waals surface area contributed by atoms with Gasteiger partial charge in [-0.05, 0) is 38.5 Å². The molecule has 0 aromatic carbocycles. The molecule has 1 heterocycles. The molecular formula is C14H27NO. The van der Waals surface area contributed by atoms with Crippen molar-refractivity contribution in [3.63, 3.8) is 0 Å². The third kappa shape index (κ3) is 3.21. The smallest absolute Gasteiger partial charge is 0.0561 e. The largest absolute Gasteiger partial charge is 0.378 e. The highest BCUT2D eigenvalue weighted by Gasteiger charge is 2.27. The highest BCUT2D eigenvalue weighted by atomic mass is 16.5. The zero-order chi connectivity index (χ0) is 11.4. The average Bonchev–Trinajstić information content (AvgIpc) is 2.30. The Kier molecular flexibility index (Phi) is 4.66. The molecule has 2 fully saturated rings. The van der Waals surface area contributed by atoms with Crippen LogP contribution in [0.5, 0.6) is 0 Å². The predicted molar refractivity (Wildman–Crippen MR) is 67.6 cm³/mol. The summed E-state index contributed by atoms with van der Waals surface area (Å²) in [4.78, 5) is 0. The second kappa shape index (κ2) is 6.02. The van der Waals surface area contributed by atoms with Gasteiger partial charge in [0.2, 0.25) is 0 Å². The quantitative estimate of drug-likeness (QED) is 0.797. The molecule has 16 heavy (non-hydrogen) atoms. The molecule has 94 valence electrons. The Morgan fingerprint density at radius 2 is 2.00 bits per heavy atom. The third-order valence-electron chi connectivity index (χ3n) is 4.37. The first-order valence-electron chi connectivity index (χ1n) is 7.17. The third-order valence-corrected chi connectivity index (χ3v) is 4.37. The molecule has 1 N–H and O–H groups in total. The lowest BCUT2D eigenvalue weighted by atomic mass is 9.82. The van der Waals surface area contributed by atoms with Crippen molar-refractivity contribution in [3.05, 3.63) is 0 Å². The van der Waals surface area contributed by atoms with Gasteiger partial charge in [0.05, 0.1) is 6.10 Å². The van der Waals surface area contributed by atoms with Crippen LogP contribution in [0, 0.1) is 5.92 Å². The molecule has 2 heteroatoms. The lowest BCUT2D eigenvalue weighted by molar-refractivity contribution is 0.00835. The summed E-state index contributed by atoms with van der Waals surface area (Å²) in [5.74, 6) is 0.923. The molecule has 1 saturated heterocycles. The van der Waals surface area contributed by atoms with Gasteiger partial charge in [0.25, 0.3) is 0 Å². The molecule has 0 radical (unpaired) electrons. The minimum atomic E-state index is 0.454. The molecule has 0 spiro atoms. The van der Waals surface area contributed by atoms with Crippen LogP contribution >= 0.6 is 0 Å². The van der Waals surface area contributed by atoms with Crippen LogP contribution in [0.3, 0.4) is 0 Å². The number of hydrogen-bond acceptors (Lipinski definition) is 2. The summed E-state index contributed by atoms with van der Waals surface area (Å²) in [5, 5.41) is 3.91. The first kappa shape index (κ1) is 12.4. The molecule has 1 aliphatic heterocycles. The van der Waals surface area contributed by atoms with E-state index >= 15 is 0 Å². The maximum absolute atomic E-state index is 5.61. The summed E-state index contributed by atoms with van der Waals surface area (Å²) in [6, 6.07) is 1.50. The van der Waals surface area contributed by atoms with Crippen molar-refractivity contribution in [1.29, 1.82) is 0 Å². The molecule has 4 atom stereocenters. The van der Waals surface area contributed by atoms with Crippen molar-refractivity contribution >= 4 is 0 Å². The van der Waals surface area contributed by atoms with Gasteiger partial charge in [0.15, 0.2) is 0 Å². The Balaban J connectivity index is 1.82. The molecule has 0 aromatic heterocycles. The Morgan fingerprint density at radius 3 is 2.75 bits per heavy atom. The second-order valence-electron chi connectivity index (χ2n) is 5.63. The first-order valence-corrected chi connectivity index (χ1v) is 7.17. The predicted octanol–water partition coefficient (Wildman–Crippen LogP) is 3.11. The highest BCUT2D eigenvalue weighted by Crippen LogP contribution is 2.28. The molecular weight excluding hydrogens is 198 g/mol. The summed E-state index contributed by atoms with van der Waals surface area (Å²) < 4.78 is 5.61. The van der Waals surface area contributed by atoms with Gasteiger partial charge >= 0.3 is 0 Å². The van der Waals surface area contributed by atoms with Gasteiger partial charge in [0.1, 0.15) is 0 Å². The van der Waals surface area contributed by atoms with Crippen LogP contribution in [0.2, 0.25) is 0 Å².